The summed E-state index contributed by atoms with van der Waals surface area (Å²) in [6, 6.07) is 6.78. The summed E-state index contributed by atoms with van der Waals surface area (Å²) >= 11 is 1.58. The van der Waals surface area contributed by atoms with Gasteiger partial charge in [-0.3, -0.25) is 0 Å². The fourth-order valence-electron chi connectivity index (χ4n) is 1.40. The molecule has 0 aliphatic rings. The Labute approximate surface area is 109 Å². The number of anilines is 2. The van der Waals surface area contributed by atoms with E-state index in [-0.39, 0.29) is 6.03 Å². The van der Waals surface area contributed by atoms with E-state index in [1.54, 1.807) is 41.8 Å². The molecule has 0 unspecified atom stereocenters. The Kier molecular flexibility index (Phi) is 4.14. The Hall–Kier alpha value is -2.08. The molecule has 0 saturated carbocycles. The standard InChI is InChI=1S/C12H14N4OS/c13-9-1-3-10(4-2-9)16-12(17)15-6-5-11-14-7-8-18-11/h1-4,7-8H,5-6,13H2,(H2,15,16,17). The third kappa shape index (κ3) is 3.74. The number of hydrogen-bond acceptors (Lipinski definition) is 4. The van der Waals surface area contributed by atoms with Crippen molar-refractivity contribution >= 4 is 28.7 Å². The van der Waals surface area contributed by atoms with Crippen molar-refractivity contribution in [2.45, 2.75) is 6.42 Å². The van der Waals surface area contributed by atoms with Gasteiger partial charge < -0.3 is 16.4 Å². The highest BCUT2D eigenvalue weighted by atomic mass is 32.1. The molecule has 6 heteroatoms. The van der Waals surface area contributed by atoms with Gasteiger partial charge in [-0.25, -0.2) is 9.78 Å². The minimum absolute atomic E-state index is 0.226. The number of urea groups is 1. The predicted octanol–water partition coefficient (Wildman–Crippen LogP) is 2.09. The van der Waals surface area contributed by atoms with Gasteiger partial charge in [0.2, 0.25) is 0 Å². The number of amides is 2. The van der Waals surface area contributed by atoms with Gasteiger partial charge in [-0.2, -0.15) is 0 Å². The molecule has 0 bridgehead atoms. The molecule has 2 rings (SSSR count). The highest BCUT2D eigenvalue weighted by Crippen LogP contribution is 2.10. The number of hydrogen-bond donors (Lipinski definition) is 3. The number of aromatic nitrogens is 1. The highest BCUT2D eigenvalue weighted by molar-refractivity contribution is 7.09. The van der Waals surface area contributed by atoms with Gasteiger partial charge in [0.15, 0.2) is 0 Å². The zero-order valence-corrected chi connectivity index (χ0v) is 10.5. The van der Waals surface area contributed by atoms with Gasteiger partial charge in [-0.05, 0) is 24.3 Å². The average Bonchev–Trinajstić information content (AvgIpc) is 2.85. The summed E-state index contributed by atoms with van der Waals surface area (Å²) in [5.74, 6) is 0. The smallest absolute Gasteiger partial charge is 0.319 e. The van der Waals surface area contributed by atoms with Gasteiger partial charge in [0.1, 0.15) is 0 Å². The van der Waals surface area contributed by atoms with Crippen LogP contribution in [0.15, 0.2) is 35.8 Å². The van der Waals surface area contributed by atoms with Crippen LogP contribution in [-0.2, 0) is 6.42 Å². The monoisotopic (exact) mass is 262 g/mol. The molecular weight excluding hydrogens is 248 g/mol. The van der Waals surface area contributed by atoms with Crippen molar-refractivity contribution in [1.29, 1.82) is 0 Å². The van der Waals surface area contributed by atoms with Gasteiger partial charge in [-0.1, -0.05) is 0 Å². The van der Waals surface area contributed by atoms with Crippen molar-refractivity contribution in [1.82, 2.24) is 10.3 Å². The zero-order valence-electron chi connectivity index (χ0n) is 9.72. The van der Waals surface area contributed by atoms with Gasteiger partial charge in [0.05, 0.1) is 5.01 Å². The molecular formula is C12H14N4OS. The Balaban J connectivity index is 1.73. The zero-order chi connectivity index (χ0) is 12.8. The van der Waals surface area contributed by atoms with E-state index in [1.807, 2.05) is 5.38 Å². The van der Waals surface area contributed by atoms with Crippen molar-refractivity contribution in [3.8, 4) is 0 Å². The number of nitrogens with one attached hydrogen (secondary N) is 2. The van der Waals surface area contributed by atoms with Crippen LogP contribution in [0.2, 0.25) is 0 Å². The molecule has 0 saturated heterocycles. The third-order valence-corrected chi connectivity index (χ3v) is 3.12. The van der Waals surface area contributed by atoms with Crippen molar-refractivity contribution in [2.24, 2.45) is 0 Å². The van der Waals surface area contributed by atoms with Crippen molar-refractivity contribution in [3.05, 3.63) is 40.8 Å². The van der Waals surface area contributed by atoms with Crippen LogP contribution in [0, 0.1) is 0 Å². The third-order valence-electron chi connectivity index (χ3n) is 2.28. The van der Waals surface area contributed by atoms with E-state index in [2.05, 4.69) is 15.6 Å². The quantitative estimate of drug-likeness (QED) is 0.738. The minimum atomic E-state index is -0.226. The average molecular weight is 262 g/mol. The Bertz CT molecular complexity index is 495. The lowest BCUT2D eigenvalue weighted by Gasteiger charge is -2.06. The van der Waals surface area contributed by atoms with E-state index in [0.717, 1.165) is 17.1 Å². The number of nitrogens with two attached hydrogens (primary N) is 1. The van der Waals surface area contributed by atoms with Crippen LogP contribution in [0.4, 0.5) is 16.2 Å². The summed E-state index contributed by atoms with van der Waals surface area (Å²) in [5.41, 5.74) is 6.95. The summed E-state index contributed by atoms with van der Waals surface area (Å²) in [5, 5.41) is 8.43. The molecule has 0 fully saturated rings. The summed E-state index contributed by atoms with van der Waals surface area (Å²) < 4.78 is 0. The van der Waals surface area contributed by atoms with Crippen molar-refractivity contribution in [2.75, 3.05) is 17.6 Å². The molecule has 1 aromatic carbocycles. The van der Waals surface area contributed by atoms with Crippen LogP contribution in [0.25, 0.3) is 0 Å². The number of nitrogen functional groups attached to an aromatic ring is 1. The van der Waals surface area contributed by atoms with Crippen molar-refractivity contribution in [3.63, 3.8) is 0 Å². The van der Waals surface area contributed by atoms with Crippen LogP contribution < -0.4 is 16.4 Å². The van der Waals surface area contributed by atoms with Gasteiger partial charge in [-0.15, -0.1) is 11.3 Å². The Morgan fingerprint density at radius 2 is 2.11 bits per heavy atom. The molecule has 94 valence electrons. The molecule has 5 nitrogen and oxygen atoms in total. The molecule has 2 amide bonds. The first-order chi connectivity index (χ1) is 8.74. The molecule has 1 heterocycles. The molecule has 0 spiro atoms. The number of nitrogens with zero attached hydrogens (tertiary/aromatic N) is 1. The Morgan fingerprint density at radius 1 is 1.33 bits per heavy atom. The molecule has 1 aromatic heterocycles. The number of rotatable bonds is 4. The predicted molar refractivity (Wildman–Crippen MR) is 73.7 cm³/mol. The second kappa shape index (κ2) is 6.02. The lowest BCUT2D eigenvalue weighted by atomic mass is 10.3. The fraction of sp³-hybridized carbons (Fsp3) is 0.167. The molecule has 18 heavy (non-hydrogen) atoms. The van der Waals surface area contributed by atoms with Crippen LogP contribution in [-0.4, -0.2) is 17.6 Å². The van der Waals surface area contributed by atoms with Gasteiger partial charge in [0, 0.05) is 35.9 Å². The SMILES string of the molecule is Nc1ccc(NC(=O)NCCc2nccs2)cc1. The number of thiazole rings is 1. The van der Waals surface area contributed by atoms with Gasteiger partial charge >= 0.3 is 6.03 Å². The molecule has 0 atom stereocenters. The van der Waals surface area contributed by atoms with Crippen LogP contribution in [0.5, 0.6) is 0 Å². The van der Waals surface area contributed by atoms with Gasteiger partial charge in [0.25, 0.3) is 0 Å². The molecule has 0 aliphatic carbocycles. The van der Waals surface area contributed by atoms with Crippen molar-refractivity contribution < 1.29 is 4.79 Å². The molecule has 4 N–H and O–H groups in total. The lowest BCUT2D eigenvalue weighted by molar-refractivity contribution is 0.252. The maximum absolute atomic E-state index is 11.6. The van der Waals surface area contributed by atoms with E-state index in [0.29, 0.717) is 12.2 Å². The normalized spacial score (nSPS) is 10.0. The number of carbonyl (C=O) groups excluding carboxylic acids is 1. The highest BCUT2D eigenvalue weighted by Gasteiger charge is 2.01. The first kappa shape index (κ1) is 12.4. The van der Waals surface area contributed by atoms with E-state index in [4.69, 9.17) is 5.73 Å². The maximum atomic E-state index is 11.6. The maximum Gasteiger partial charge on any atom is 0.319 e. The summed E-state index contributed by atoms with van der Waals surface area (Å²) in [4.78, 5) is 15.7. The first-order valence-corrected chi connectivity index (χ1v) is 6.41. The topological polar surface area (TPSA) is 80.0 Å². The first-order valence-electron chi connectivity index (χ1n) is 5.53. The van der Waals surface area contributed by atoms with E-state index >= 15 is 0 Å². The van der Waals surface area contributed by atoms with E-state index < -0.39 is 0 Å². The molecule has 2 aromatic rings. The minimum Gasteiger partial charge on any atom is -0.399 e. The second-order valence-corrected chi connectivity index (χ2v) is 4.66. The Morgan fingerprint density at radius 3 is 2.78 bits per heavy atom. The number of benzene rings is 1. The summed E-state index contributed by atoms with van der Waals surface area (Å²) in [6.45, 7) is 0.564. The fourth-order valence-corrected chi connectivity index (χ4v) is 2.02. The number of carbonyl (C=O) groups is 1. The summed E-state index contributed by atoms with van der Waals surface area (Å²) in [7, 11) is 0. The van der Waals surface area contributed by atoms with Crippen LogP contribution in [0.3, 0.4) is 0 Å². The van der Waals surface area contributed by atoms with Crippen LogP contribution >= 0.6 is 11.3 Å². The van der Waals surface area contributed by atoms with E-state index in [1.165, 1.54) is 0 Å². The largest absolute Gasteiger partial charge is 0.399 e. The van der Waals surface area contributed by atoms with Crippen LogP contribution in [0.1, 0.15) is 5.01 Å². The lowest BCUT2D eigenvalue weighted by Crippen LogP contribution is -2.30. The second-order valence-electron chi connectivity index (χ2n) is 3.68. The van der Waals surface area contributed by atoms with E-state index in [9.17, 15) is 4.79 Å². The molecule has 0 aliphatic heterocycles. The summed E-state index contributed by atoms with van der Waals surface area (Å²) in [6.07, 6.45) is 2.50. The molecule has 0 radical (unpaired) electrons.